The van der Waals surface area contributed by atoms with Gasteiger partial charge in [-0.25, -0.2) is 14.4 Å². The standard InChI is InChI=1S/C21H13BrN4O4S/c1-10-5-11(2)16(26(28)29)8-14(10)17-4-3-13(30-17)7-18-20(27)25-19-15(24-21(25)31-18)6-12(22)9-23-19/h3-9H,1-2H3/b18-7-. The lowest BCUT2D eigenvalue weighted by Crippen LogP contribution is -2.22. The lowest BCUT2D eigenvalue weighted by atomic mass is 10.0. The van der Waals surface area contributed by atoms with E-state index in [2.05, 4.69) is 25.9 Å². The summed E-state index contributed by atoms with van der Waals surface area (Å²) in [5, 5.41) is 11.3. The molecule has 0 spiro atoms. The Labute approximate surface area is 186 Å². The summed E-state index contributed by atoms with van der Waals surface area (Å²) in [7, 11) is 0. The monoisotopic (exact) mass is 496 g/mol. The molecule has 0 unspecified atom stereocenters. The van der Waals surface area contributed by atoms with Crippen LogP contribution in [0.4, 0.5) is 5.69 Å². The number of aromatic nitrogens is 3. The zero-order valence-electron chi connectivity index (χ0n) is 16.2. The van der Waals surface area contributed by atoms with Crippen molar-refractivity contribution in [1.29, 1.82) is 0 Å². The second-order valence-corrected chi connectivity index (χ2v) is 8.98. The van der Waals surface area contributed by atoms with Gasteiger partial charge in [0, 0.05) is 33.9 Å². The van der Waals surface area contributed by atoms with Gasteiger partial charge in [0.05, 0.1) is 4.92 Å². The van der Waals surface area contributed by atoms with Crippen molar-refractivity contribution < 1.29 is 9.34 Å². The predicted molar refractivity (Wildman–Crippen MR) is 121 cm³/mol. The fraction of sp³-hybridized carbons (Fsp3) is 0.0952. The van der Waals surface area contributed by atoms with Gasteiger partial charge in [-0.1, -0.05) is 11.3 Å². The van der Waals surface area contributed by atoms with Crippen LogP contribution >= 0.6 is 27.3 Å². The van der Waals surface area contributed by atoms with Gasteiger partial charge in [-0.2, -0.15) is 0 Å². The third-order valence-electron chi connectivity index (χ3n) is 4.95. The highest BCUT2D eigenvalue weighted by molar-refractivity contribution is 9.10. The van der Waals surface area contributed by atoms with Crippen LogP contribution in [0.1, 0.15) is 16.9 Å². The van der Waals surface area contributed by atoms with Gasteiger partial charge in [0.2, 0.25) is 0 Å². The second-order valence-electron chi connectivity index (χ2n) is 7.05. The third-order valence-corrected chi connectivity index (χ3v) is 6.36. The van der Waals surface area contributed by atoms with Crippen LogP contribution < -0.4 is 10.1 Å². The number of benzene rings is 1. The zero-order valence-corrected chi connectivity index (χ0v) is 18.7. The summed E-state index contributed by atoms with van der Waals surface area (Å²) in [5.74, 6) is 0.969. The van der Waals surface area contributed by atoms with Crippen LogP contribution in [0.15, 0.2) is 50.2 Å². The highest BCUT2D eigenvalue weighted by Gasteiger charge is 2.17. The van der Waals surface area contributed by atoms with Crippen molar-refractivity contribution in [2.24, 2.45) is 0 Å². The Balaban J connectivity index is 1.60. The van der Waals surface area contributed by atoms with Gasteiger partial charge >= 0.3 is 0 Å². The van der Waals surface area contributed by atoms with E-state index in [-0.39, 0.29) is 11.2 Å². The average molecular weight is 497 g/mol. The topological polar surface area (TPSA) is 104 Å². The number of rotatable bonds is 3. The summed E-state index contributed by atoms with van der Waals surface area (Å²) < 4.78 is 8.63. The molecular weight excluding hydrogens is 484 g/mol. The number of aryl methyl sites for hydroxylation is 2. The number of halogens is 1. The Morgan fingerprint density at radius 1 is 1.23 bits per heavy atom. The molecule has 0 saturated heterocycles. The van der Waals surface area contributed by atoms with Crippen molar-refractivity contribution in [2.75, 3.05) is 0 Å². The van der Waals surface area contributed by atoms with E-state index in [9.17, 15) is 14.9 Å². The Bertz CT molecular complexity index is 1630. The fourth-order valence-corrected chi connectivity index (χ4v) is 4.80. The van der Waals surface area contributed by atoms with Crippen LogP contribution in [0, 0.1) is 24.0 Å². The number of imidazole rings is 1. The molecule has 10 heteroatoms. The Hall–Kier alpha value is -3.37. The normalized spacial score (nSPS) is 12.3. The minimum absolute atomic E-state index is 0.0369. The molecule has 154 valence electrons. The SMILES string of the molecule is Cc1cc(C)c([N+](=O)[O-])cc1-c1ccc(/C=c2\sc3nc4cc(Br)cnc4n3c2=O)o1. The number of nitro groups is 1. The van der Waals surface area contributed by atoms with Crippen molar-refractivity contribution in [1.82, 2.24) is 14.4 Å². The van der Waals surface area contributed by atoms with Crippen molar-refractivity contribution in [3.63, 3.8) is 0 Å². The van der Waals surface area contributed by atoms with Gasteiger partial charge < -0.3 is 4.42 Å². The van der Waals surface area contributed by atoms with Crippen LogP contribution in [-0.2, 0) is 0 Å². The first-order chi connectivity index (χ1) is 14.8. The minimum atomic E-state index is -0.406. The van der Waals surface area contributed by atoms with E-state index in [1.165, 1.54) is 21.8 Å². The molecule has 4 heterocycles. The number of hydrogen-bond acceptors (Lipinski definition) is 7. The number of nitrogens with zero attached hydrogens (tertiary/aromatic N) is 4. The molecule has 0 amide bonds. The van der Waals surface area contributed by atoms with Gasteiger partial charge in [-0.15, -0.1) is 0 Å². The van der Waals surface area contributed by atoms with E-state index in [1.54, 1.807) is 37.4 Å². The van der Waals surface area contributed by atoms with Crippen molar-refractivity contribution in [3.05, 3.63) is 82.9 Å². The number of nitro benzene ring substituents is 1. The molecule has 0 N–H and O–H groups in total. The van der Waals surface area contributed by atoms with Gasteiger partial charge in [0.1, 0.15) is 21.6 Å². The number of thiazole rings is 1. The number of furan rings is 1. The molecule has 31 heavy (non-hydrogen) atoms. The quantitative estimate of drug-likeness (QED) is 0.271. The number of pyridine rings is 1. The second kappa shape index (κ2) is 7.10. The highest BCUT2D eigenvalue weighted by Crippen LogP contribution is 2.31. The summed E-state index contributed by atoms with van der Waals surface area (Å²) in [5.41, 5.74) is 3.05. The largest absolute Gasteiger partial charge is 0.457 e. The number of fused-ring (bicyclic) bond motifs is 3. The van der Waals surface area contributed by atoms with Gasteiger partial charge in [0.25, 0.3) is 11.2 Å². The minimum Gasteiger partial charge on any atom is -0.457 e. The summed E-state index contributed by atoms with van der Waals surface area (Å²) in [6.45, 7) is 3.58. The summed E-state index contributed by atoms with van der Waals surface area (Å²) in [6, 6.07) is 8.56. The molecule has 0 saturated carbocycles. The van der Waals surface area contributed by atoms with Crippen molar-refractivity contribution in [2.45, 2.75) is 13.8 Å². The average Bonchev–Trinajstić information content (AvgIpc) is 3.37. The van der Waals surface area contributed by atoms with Crippen molar-refractivity contribution in [3.8, 4) is 11.3 Å². The molecule has 0 atom stereocenters. The molecular formula is C21H13BrN4O4S. The smallest absolute Gasteiger partial charge is 0.276 e. The van der Waals surface area contributed by atoms with Gasteiger partial charge in [-0.05, 0) is 59.6 Å². The van der Waals surface area contributed by atoms with E-state index in [4.69, 9.17) is 4.42 Å². The molecule has 1 aromatic carbocycles. The Morgan fingerprint density at radius 3 is 2.81 bits per heavy atom. The van der Waals surface area contributed by atoms with Gasteiger partial charge in [-0.3, -0.25) is 14.9 Å². The third kappa shape index (κ3) is 3.24. The molecule has 8 nitrogen and oxygen atoms in total. The number of hydrogen-bond donors (Lipinski definition) is 0. The lowest BCUT2D eigenvalue weighted by molar-refractivity contribution is -0.385. The Kier molecular flexibility index (Phi) is 4.49. The molecule has 5 aromatic rings. The molecule has 0 fully saturated rings. The molecule has 4 aromatic heterocycles. The summed E-state index contributed by atoms with van der Waals surface area (Å²) in [4.78, 5) is 33.1. The lowest BCUT2D eigenvalue weighted by Gasteiger charge is -2.05. The van der Waals surface area contributed by atoms with Crippen LogP contribution in [-0.4, -0.2) is 19.3 Å². The first-order valence-corrected chi connectivity index (χ1v) is 10.8. The first-order valence-electron chi connectivity index (χ1n) is 9.16. The molecule has 0 aliphatic carbocycles. The van der Waals surface area contributed by atoms with E-state index < -0.39 is 4.92 Å². The van der Waals surface area contributed by atoms with Crippen LogP contribution in [0.25, 0.3) is 33.5 Å². The van der Waals surface area contributed by atoms with Gasteiger partial charge in [0.15, 0.2) is 10.6 Å². The summed E-state index contributed by atoms with van der Waals surface area (Å²) in [6.07, 6.45) is 3.27. The maximum atomic E-state index is 12.9. The maximum absolute atomic E-state index is 12.9. The predicted octanol–water partition coefficient (Wildman–Crippen LogP) is 4.40. The first kappa shape index (κ1) is 19.6. The van der Waals surface area contributed by atoms with Crippen molar-refractivity contribution >= 4 is 55.2 Å². The zero-order chi connectivity index (χ0) is 21.9. The fourth-order valence-electron chi connectivity index (χ4n) is 3.52. The molecule has 0 aliphatic heterocycles. The van der Waals surface area contributed by atoms with E-state index in [0.29, 0.717) is 43.3 Å². The van der Waals surface area contributed by atoms with Crippen LogP contribution in [0.2, 0.25) is 0 Å². The summed E-state index contributed by atoms with van der Waals surface area (Å²) >= 11 is 4.60. The molecule has 5 rings (SSSR count). The van der Waals surface area contributed by atoms with E-state index >= 15 is 0 Å². The molecule has 0 aliphatic rings. The Morgan fingerprint density at radius 2 is 2.03 bits per heavy atom. The molecule has 0 bridgehead atoms. The van der Waals surface area contributed by atoms with E-state index in [0.717, 1.165) is 10.0 Å². The van der Waals surface area contributed by atoms with Crippen LogP contribution in [0.3, 0.4) is 0 Å². The van der Waals surface area contributed by atoms with Crippen LogP contribution in [0.5, 0.6) is 0 Å². The van der Waals surface area contributed by atoms with E-state index in [1.807, 2.05) is 13.0 Å². The highest BCUT2D eigenvalue weighted by atomic mass is 79.9. The molecule has 0 radical (unpaired) electrons. The maximum Gasteiger partial charge on any atom is 0.276 e.